The smallest absolute Gasteiger partial charge is 0.271 e. The van der Waals surface area contributed by atoms with Crippen LogP contribution in [0.2, 0.25) is 0 Å². The number of nitrogens with two attached hydrogens (primary N) is 1. The monoisotopic (exact) mass is 345 g/mol. The van der Waals surface area contributed by atoms with E-state index in [2.05, 4.69) is 10.3 Å². The minimum atomic E-state index is -0.305. The molecule has 1 saturated carbocycles. The third kappa shape index (κ3) is 3.44. The zero-order chi connectivity index (χ0) is 17.0. The van der Waals surface area contributed by atoms with Gasteiger partial charge in [-0.05, 0) is 37.1 Å². The highest BCUT2D eigenvalue weighted by Crippen LogP contribution is 2.39. The zero-order valence-electron chi connectivity index (χ0n) is 13.9. The van der Waals surface area contributed by atoms with E-state index in [4.69, 9.17) is 10.5 Å². The van der Waals surface area contributed by atoms with Gasteiger partial charge in [0, 0.05) is 11.8 Å². The summed E-state index contributed by atoms with van der Waals surface area (Å²) in [7, 11) is 1.66. The number of amides is 1. The first-order valence-electron chi connectivity index (χ1n) is 8.28. The number of hydrogen-bond donors (Lipinski definition) is 2. The van der Waals surface area contributed by atoms with Crippen LogP contribution < -0.4 is 15.8 Å². The van der Waals surface area contributed by atoms with Crippen LogP contribution in [0.15, 0.2) is 29.6 Å². The summed E-state index contributed by atoms with van der Waals surface area (Å²) < 4.78 is 5.23. The predicted molar refractivity (Wildman–Crippen MR) is 95.5 cm³/mol. The second kappa shape index (κ2) is 7.32. The molecule has 0 bridgehead atoms. The first kappa shape index (κ1) is 16.9. The quantitative estimate of drug-likeness (QED) is 0.844. The number of nitrogens with zero attached hydrogens (tertiary/aromatic N) is 1. The average Bonchev–Trinajstić information content (AvgIpc) is 3.26. The molecule has 0 unspecified atom stereocenters. The van der Waals surface area contributed by atoms with Gasteiger partial charge < -0.3 is 15.8 Å². The first-order valence-corrected chi connectivity index (χ1v) is 9.16. The molecule has 0 atom stereocenters. The van der Waals surface area contributed by atoms with Crippen LogP contribution >= 0.6 is 11.3 Å². The number of ether oxygens (including phenoxy) is 1. The van der Waals surface area contributed by atoms with Crippen LogP contribution in [0.3, 0.4) is 0 Å². The van der Waals surface area contributed by atoms with Crippen molar-refractivity contribution >= 4 is 17.2 Å². The molecule has 0 aliphatic heterocycles. The number of carbonyl (C=O) groups is 1. The molecular weight excluding hydrogens is 322 g/mol. The maximum Gasteiger partial charge on any atom is 0.271 e. The van der Waals surface area contributed by atoms with Gasteiger partial charge in [-0.15, -0.1) is 11.3 Å². The fourth-order valence-electron chi connectivity index (χ4n) is 3.31. The molecule has 128 valence electrons. The van der Waals surface area contributed by atoms with E-state index in [9.17, 15) is 4.79 Å². The van der Waals surface area contributed by atoms with Crippen molar-refractivity contribution in [2.75, 3.05) is 13.7 Å². The van der Waals surface area contributed by atoms with Gasteiger partial charge in [-0.25, -0.2) is 4.98 Å². The molecule has 0 saturated heterocycles. The van der Waals surface area contributed by atoms with Crippen molar-refractivity contribution in [2.45, 2.75) is 37.6 Å². The molecule has 1 aliphatic rings. The van der Waals surface area contributed by atoms with Crippen LogP contribution in [-0.2, 0) is 12.0 Å². The van der Waals surface area contributed by atoms with Crippen LogP contribution in [0, 0.1) is 0 Å². The molecule has 0 spiro atoms. The number of hydrogen-bond acceptors (Lipinski definition) is 5. The maximum absolute atomic E-state index is 12.7. The molecular formula is C18H23N3O2S. The Labute approximate surface area is 146 Å². The lowest BCUT2D eigenvalue weighted by molar-refractivity contribution is 0.0893. The largest absolute Gasteiger partial charge is 0.497 e. The van der Waals surface area contributed by atoms with E-state index in [1.54, 1.807) is 7.11 Å². The maximum atomic E-state index is 12.7. The van der Waals surface area contributed by atoms with E-state index in [0.29, 0.717) is 18.7 Å². The van der Waals surface area contributed by atoms with Crippen molar-refractivity contribution in [3.63, 3.8) is 0 Å². The van der Waals surface area contributed by atoms with Gasteiger partial charge in [0.05, 0.1) is 17.7 Å². The summed E-state index contributed by atoms with van der Waals surface area (Å²) in [6.07, 6.45) is 4.83. The Morgan fingerprint density at radius 3 is 2.67 bits per heavy atom. The first-order chi connectivity index (χ1) is 11.7. The van der Waals surface area contributed by atoms with Gasteiger partial charge in [0.15, 0.2) is 0 Å². The van der Waals surface area contributed by atoms with E-state index in [0.717, 1.165) is 42.0 Å². The normalized spacial score (nSPS) is 16.1. The second-order valence-corrected chi connectivity index (χ2v) is 7.08. The van der Waals surface area contributed by atoms with E-state index < -0.39 is 0 Å². The number of thiazole rings is 1. The Morgan fingerprint density at radius 2 is 2.04 bits per heavy atom. The second-order valence-electron chi connectivity index (χ2n) is 6.14. The van der Waals surface area contributed by atoms with Crippen LogP contribution in [0.5, 0.6) is 5.75 Å². The zero-order valence-corrected chi connectivity index (χ0v) is 14.7. The minimum Gasteiger partial charge on any atom is -0.497 e. The van der Waals surface area contributed by atoms with E-state index >= 15 is 0 Å². The fourth-order valence-corrected chi connectivity index (χ4v) is 4.10. The molecule has 3 rings (SSSR count). The number of nitrogens with one attached hydrogen (secondary N) is 1. The molecule has 0 radical (unpaired) electrons. The molecule has 1 aliphatic carbocycles. The summed E-state index contributed by atoms with van der Waals surface area (Å²) in [5.41, 5.74) is 6.87. The van der Waals surface area contributed by atoms with Crippen molar-refractivity contribution in [2.24, 2.45) is 5.73 Å². The average molecular weight is 345 g/mol. The van der Waals surface area contributed by atoms with Gasteiger partial charge in [0.25, 0.3) is 5.91 Å². The fraction of sp³-hybridized carbons (Fsp3) is 0.444. The number of aromatic nitrogens is 1. The molecule has 1 aromatic carbocycles. The van der Waals surface area contributed by atoms with Crippen LogP contribution in [0.25, 0.3) is 0 Å². The van der Waals surface area contributed by atoms with Crippen LogP contribution in [0.1, 0.15) is 46.7 Å². The van der Waals surface area contributed by atoms with Crippen molar-refractivity contribution < 1.29 is 9.53 Å². The Morgan fingerprint density at radius 1 is 1.33 bits per heavy atom. The number of carbonyl (C=O) groups excluding carboxylic acids is 1. The Bertz CT molecular complexity index is 691. The summed E-state index contributed by atoms with van der Waals surface area (Å²) in [6.45, 7) is 0.546. The van der Waals surface area contributed by atoms with E-state index in [-0.39, 0.29) is 11.4 Å². The standard InChI is InChI=1S/C18H23N3O2S/c1-23-14-6-4-13(5-7-14)18(9-2-3-10-18)21-17(22)15-12-24-16(20-15)8-11-19/h4-7,12H,2-3,8-11,19H2,1H3,(H,21,22). The highest BCUT2D eigenvalue weighted by molar-refractivity contribution is 7.09. The molecule has 1 amide bonds. The van der Waals surface area contributed by atoms with Crippen molar-refractivity contribution in [1.82, 2.24) is 10.3 Å². The van der Waals surface area contributed by atoms with Gasteiger partial charge >= 0.3 is 0 Å². The third-order valence-corrected chi connectivity index (χ3v) is 5.50. The van der Waals surface area contributed by atoms with Gasteiger partial charge in [0.1, 0.15) is 11.4 Å². The molecule has 3 N–H and O–H groups in total. The molecule has 24 heavy (non-hydrogen) atoms. The third-order valence-electron chi connectivity index (χ3n) is 4.60. The van der Waals surface area contributed by atoms with Crippen molar-refractivity contribution in [3.8, 4) is 5.75 Å². The molecule has 6 heteroatoms. The number of methoxy groups -OCH3 is 1. The SMILES string of the molecule is COc1ccc(C2(NC(=O)c3csc(CCN)n3)CCCC2)cc1. The molecule has 5 nitrogen and oxygen atoms in total. The lowest BCUT2D eigenvalue weighted by Crippen LogP contribution is -2.43. The van der Waals surface area contributed by atoms with Crippen molar-refractivity contribution in [1.29, 1.82) is 0 Å². The molecule has 1 heterocycles. The van der Waals surface area contributed by atoms with Crippen LogP contribution in [0.4, 0.5) is 0 Å². The minimum absolute atomic E-state index is 0.104. The lowest BCUT2D eigenvalue weighted by Gasteiger charge is -2.31. The van der Waals surface area contributed by atoms with Gasteiger partial charge in [-0.3, -0.25) is 4.79 Å². The summed E-state index contributed by atoms with van der Waals surface area (Å²) in [5.74, 6) is 0.719. The summed E-state index contributed by atoms with van der Waals surface area (Å²) in [6, 6.07) is 7.99. The highest BCUT2D eigenvalue weighted by atomic mass is 32.1. The van der Waals surface area contributed by atoms with Gasteiger partial charge in [-0.1, -0.05) is 25.0 Å². The Hall–Kier alpha value is -1.92. The number of rotatable bonds is 6. The topological polar surface area (TPSA) is 77.2 Å². The predicted octanol–water partition coefficient (Wildman–Crippen LogP) is 2.85. The van der Waals surface area contributed by atoms with E-state index in [1.165, 1.54) is 11.3 Å². The molecule has 1 fully saturated rings. The van der Waals surface area contributed by atoms with Gasteiger partial charge in [0.2, 0.25) is 0 Å². The van der Waals surface area contributed by atoms with Crippen LogP contribution in [-0.4, -0.2) is 24.5 Å². The molecule has 1 aromatic heterocycles. The Balaban J connectivity index is 1.80. The summed E-state index contributed by atoms with van der Waals surface area (Å²) in [4.78, 5) is 17.1. The van der Waals surface area contributed by atoms with E-state index in [1.807, 2.05) is 29.6 Å². The summed E-state index contributed by atoms with van der Waals surface area (Å²) >= 11 is 1.49. The highest BCUT2D eigenvalue weighted by Gasteiger charge is 2.37. The lowest BCUT2D eigenvalue weighted by atomic mass is 9.88. The van der Waals surface area contributed by atoms with Crippen molar-refractivity contribution in [3.05, 3.63) is 45.9 Å². The summed E-state index contributed by atoms with van der Waals surface area (Å²) in [5, 5.41) is 5.98. The van der Waals surface area contributed by atoms with Gasteiger partial charge in [-0.2, -0.15) is 0 Å². The Kier molecular flexibility index (Phi) is 5.16. The number of benzene rings is 1. The molecule has 2 aromatic rings.